The van der Waals surface area contributed by atoms with Crippen molar-refractivity contribution in [2.45, 2.75) is 84.0 Å². The molecule has 0 heterocycles. The molecule has 0 aliphatic carbocycles. The zero-order valence-electron chi connectivity index (χ0n) is 22.1. The van der Waals surface area contributed by atoms with E-state index in [0.717, 1.165) is 0 Å². The lowest BCUT2D eigenvalue weighted by Crippen LogP contribution is -2.58. The van der Waals surface area contributed by atoms with E-state index in [-0.39, 0.29) is 30.8 Å². The normalized spacial score (nSPS) is 15.2. The third-order valence-electron chi connectivity index (χ3n) is 5.66. The van der Waals surface area contributed by atoms with E-state index in [2.05, 4.69) is 20.9 Å². The van der Waals surface area contributed by atoms with Crippen LogP contribution in [0.4, 0.5) is 0 Å². The van der Waals surface area contributed by atoms with Crippen molar-refractivity contribution >= 4 is 41.4 Å². The summed E-state index contributed by atoms with van der Waals surface area (Å²) in [6, 6.07) is -3.82. The summed E-state index contributed by atoms with van der Waals surface area (Å²) in [4.78, 5) is 54.4. The van der Waals surface area contributed by atoms with Gasteiger partial charge in [0.05, 0.1) is 6.04 Å². The number of aliphatic imine (C=N–C) groups is 1. The van der Waals surface area contributed by atoms with Crippen LogP contribution >= 0.6 is 11.8 Å². The van der Waals surface area contributed by atoms with E-state index < -0.39 is 47.9 Å². The number of carbonyl (C=O) groups excluding carboxylic acids is 3. The SMILES string of the molecule is CCC(C)C(NC(=O)C(CCCN=C(N)N)NC(=O)C(CC(C)C)NC(=O)C(N)CCSC)C(=O)O. The van der Waals surface area contributed by atoms with Crippen LogP contribution in [-0.4, -0.2) is 77.5 Å². The largest absolute Gasteiger partial charge is 0.480 e. The van der Waals surface area contributed by atoms with Crippen LogP contribution in [0.5, 0.6) is 0 Å². The molecule has 0 aliphatic heterocycles. The first-order chi connectivity index (χ1) is 16.8. The predicted octanol–water partition coefficient (Wildman–Crippen LogP) is -0.248. The summed E-state index contributed by atoms with van der Waals surface area (Å²) in [7, 11) is 0. The zero-order chi connectivity index (χ0) is 27.8. The van der Waals surface area contributed by atoms with Crippen molar-refractivity contribution < 1.29 is 24.3 Å². The van der Waals surface area contributed by atoms with Crippen LogP contribution in [-0.2, 0) is 19.2 Å². The molecule has 0 saturated heterocycles. The maximum atomic E-state index is 13.2. The fraction of sp³-hybridized carbons (Fsp3) is 0.783. The van der Waals surface area contributed by atoms with Crippen LogP contribution in [0.3, 0.4) is 0 Å². The first kappa shape index (κ1) is 33.5. The fourth-order valence-electron chi connectivity index (χ4n) is 3.34. The number of carboxylic acids is 1. The Kier molecular flexibility index (Phi) is 16.6. The standard InChI is InChI=1S/C23H45N7O5S/c1-6-14(4)18(22(34)35)30-20(32)16(8-7-10-27-23(25)26)28-21(33)17(12-13(2)3)29-19(31)15(24)9-11-36-5/h13-18H,6-12,24H2,1-5H3,(H,28,33)(H,29,31)(H,30,32)(H,34,35)(H4,25,26,27). The van der Waals surface area contributed by atoms with Crippen molar-refractivity contribution in [1.82, 2.24) is 16.0 Å². The van der Waals surface area contributed by atoms with Gasteiger partial charge in [0.1, 0.15) is 18.1 Å². The summed E-state index contributed by atoms with van der Waals surface area (Å²) in [5.74, 6) is -2.43. The highest BCUT2D eigenvalue weighted by Gasteiger charge is 2.32. The second-order valence-corrected chi connectivity index (χ2v) is 10.3. The third kappa shape index (κ3) is 13.5. The van der Waals surface area contributed by atoms with Gasteiger partial charge in [0, 0.05) is 6.54 Å². The second-order valence-electron chi connectivity index (χ2n) is 9.30. The Labute approximate surface area is 218 Å². The zero-order valence-corrected chi connectivity index (χ0v) is 22.9. The summed E-state index contributed by atoms with van der Waals surface area (Å²) in [5.41, 5.74) is 16.6. The van der Waals surface area contributed by atoms with Gasteiger partial charge in [-0.25, -0.2) is 4.79 Å². The molecule has 12 nitrogen and oxygen atoms in total. The van der Waals surface area contributed by atoms with Crippen molar-refractivity contribution in [1.29, 1.82) is 0 Å². The number of carbonyl (C=O) groups is 4. The monoisotopic (exact) mass is 531 g/mol. The van der Waals surface area contributed by atoms with Crippen molar-refractivity contribution in [3.8, 4) is 0 Å². The summed E-state index contributed by atoms with van der Waals surface area (Å²) in [6.07, 6.45) is 3.77. The molecule has 0 saturated carbocycles. The van der Waals surface area contributed by atoms with Crippen molar-refractivity contribution in [2.24, 2.45) is 34.0 Å². The summed E-state index contributed by atoms with van der Waals surface area (Å²) >= 11 is 1.57. The highest BCUT2D eigenvalue weighted by atomic mass is 32.2. The number of nitrogens with one attached hydrogen (secondary N) is 3. The number of hydrogen-bond donors (Lipinski definition) is 7. The lowest BCUT2D eigenvalue weighted by molar-refractivity contribution is -0.144. The molecule has 3 amide bonds. The Balaban J connectivity index is 5.64. The minimum atomic E-state index is -1.16. The molecule has 0 aromatic carbocycles. The highest BCUT2D eigenvalue weighted by Crippen LogP contribution is 2.11. The van der Waals surface area contributed by atoms with Gasteiger partial charge in [-0.1, -0.05) is 34.1 Å². The number of guanidine groups is 1. The number of hydrogen-bond acceptors (Lipinski definition) is 7. The third-order valence-corrected chi connectivity index (χ3v) is 6.31. The molecule has 10 N–H and O–H groups in total. The van der Waals surface area contributed by atoms with Crippen LogP contribution in [0.2, 0.25) is 0 Å². The van der Waals surface area contributed by atoms with Gasteiger partial charge in [-0.15, -0.1) is 0 Å². The molecular formula is C23H45N7O5S. The lowest BCUT2D eigenvalue weighted by Gasteiger charge is -2.27. The Hall–Kier alpha value is -2.54. The Morgan fingerprint density at radius 1 is 0.944 bits per heavy atom. The number of rotatable bonds is 18. The Morgan fingerprint density at radius 3 is 2.03 bits per heavy atom. The van der Waals surface area contributed by atoms with E-state index in [4.69, 9.17) is 17.2 Å². The van der Waals surface area contributed by atoms with Crippen LogP contribution in [0.1, 0.15) is 59.8 Å². The van der Waals surface area contributed by atoms with Gasteiger partial charge in [0.15, 0.2) is 5.96 Å². The van der Waals surface area contributed by atoms with Crippen LogP contribution in [0.25, 0.3) is 0 Å². The lowest BCUT2D eigenvalue weighted by atomic mass is 9.98. The van der Waals surface area contributed by atoms with E-state index in [1.807, 2.05) is 27.0 Å². The molecule has 0 rings (SSSR count). The van der Waals surface area contributed by atoms with Crippen molar-refractivity contribution in [3.63, 3.8) is 0 Å². The Morgan fingerprint density at radius 2 is 1.53 bits per heavy atom. The van der Waals surface area contributed by atoms with Gasteiger partial charge in [0.2, 0.25) is 17.7 Å². The number of thioether (sulfide) groups is 1. The second kappa shape index (κ2) is 17.8. The van der Waals surface area contributed by atoms with Crippen molar-refractivity contribution in [3.05, 3.63) is 0 Å². The molecular weight excluding hydrogens is 486 g/mol. The van der Waals surface area contributed by atoms with Crippen LogP contribution in [0, 0.1) is 11.8 Å². The van der Waals surface area contributed by atoms with E-state index in [0.29, 0.717) is 31.4 Å². The van der Waals surface area contributed by atoms with Gasteiger partial charge in [-0.3, -0.25) is 19.4 Å². The number of aliphatic carboxylic acids is 1. The molecule has 0 aromatic heterocycles. The van der Waals surface area contributed by atoms with Gasteiger partial charge in [0.25, 0.3) is 0 Å². The van der Waals surface area contributed by atoms with E-state index in [1.165, 1.54) is 0 Å². The Bertz CT molecular complexity index is 746. The number of carboxylic acid groups (broad SMARTS) is 1. The topological polar surface area (TPSA) is 215 Å². The minimum absolute atomic E-state index is 0.0689. The molecule has 0 aromatic rings. The maximum absolute atomic E-state index is 13.2. The van der Waals surface area contributed by atoms with Gasteiger partial charge >= 0.3 is 5.97 Å². The van der Waals surface area contributed by atoms with Crippen LogP contribution in [0.15, 0.2) is 4.99 Å². The molecule has 5 atom stereocenters. The smallest absolute Gasteiger partial charge is 0.326 e. The molecule has 5 unspecified atom stereocenters. The van der Waals surface area contributed by atoms with E-state index >= 15 is 0 Å². The summed E-state index contributed by atoms with van der Waals surface area (Å²) in [5, 5.41) is 17.5. The summed E-state index contributed by atoms with van der Waals surface area (Å²) in [6.45, 7) is 7.59. The van der Waals surface area contributed by atoms with E-state index in [1.54, 1.807) is 18.7 Å². The number of nitrogens with zero attached hydrogens (tertiary/aromatic N) is 1. The number of nitrogens with two attached hydrogens (primary N) is 3. The molecule has 0 spiro atoms. The molecule has 36 heavy (non-hydrogen) atoms. The first-order valence-corrected chi connectivity index (χ1v) is 13.7. The first-order valence-electron chi connectivity index (χ1n) is 12.3. The molecule has 208 valence electrons. The van der Waals surface area contributed by atoms with Crippen LogP contribution < -0.4 is 33.2 Å². The maximum Gasteiger partial charge on any atom is 0.326 e. The molecule has 0 bridgehead atoms. The minimum Gasteiger partial charge on any atom is -0.480 e. The molecule has 0 aliphatic rings. The fourth-order valence-corrected chi connectivity index (χ4v) is 3.83. The van der Waals surface area contributed by atoms with Gasteiger partial charge in [-0.2, -0.15) is 11.8 Å². The highest BCUT2D eigenvalue weighted by molar-refractivity contribution is 7.98. The average Bonchev–Trinajstić information content (AvgIpc) is 2.80. The molecule has 0 fully saturated rings. The van der Waals surface area contributed by atoms with E-state index in [9.17, 15) is 24.3 Å². The predicted molar refractivity (Wildman–Crippen MR) is 143 cm³/mol. The van der Waals surface area contributed by atoms with Crippen molar-refractivity contribution in [2.75, 3.05) is 18.6 Å². The number of amides is 3. The average molecular weight is 532 g/mol. The quantitative estimate of drug-likeness (QED) is 0.0704. The van der Waals surface area contributed by atoms with Gasteiger partial charge < -0.3 is 38.3 Å². The molecule has 0 radical (unpaired) electrons. The van der Waals surface area contributed by atoms with Gasteiger partial charge in [-0.05, 0) is 49.5 Å². The summed E-state index contributed by atoms with van der Waals surface area (Å²) < 4.78 is 0. The molecule has 13 heteroatoms.